The standard InChI is InChI=1S/C41H76O4/c1-5-7-9-11-13-15-17-19-21-23-25-27-29-31-33-35-40(42)44-37-39(38(3)4)45-41(43)36-34-32-30-28-26-24-22-20-18-16-14-12-10-8-6-2/h19-22,38-39H,5-18,23-37H2,1-4H3/b21-19-,22-20-. The Morgan fingerprint density at radius 3 is 1.18 bits per heavy atom. The van der Waals surface area contributed by atoms with Crippen molar-refractivity contribution in [1.82, 2.24) is 0 Å². The van der Waals surface area contributed by atoms with Crippen LogP contribution in [0.1, 0.15) is 207 Å². The number of esters is 2. The van der Waals surface area contributed by atoms with E-state index in [-0.39, 0.29) is 30.6 Å². The molecule has 264 valence electrons. The second-order valence-electron chi connectivity index (χ2n) is 13.6. The molecule has 0 fully saturated rings. The number of hydrogen-bond donors (Lipinski definition) is 0. The van der Waals surface area contributed by atoms with Crippen molar-refractivity contribution in [1.29, 1.82) is 0 Å². The second kappa shape index (κ2) is 35.3. The van der Waals surface area contributed by atoms with Crippen LogP contribution in [0.25, 0.3) is 0 Å². The highest BCUT2D eigenvalue weighted by Gasteiger charge is 2.20. The molecule has 0 bridgehead atoms. The first-order valence-electron chi connectivity index (χ1n) is 19.7. The van der Waals surface area contributed by atoms with E-state index >= 15 is 0 Å². The molecule has 0 aromatic carbocycles. The summed E-state index contributed by atoms with van der Waals surface area (Å²) in [5.41, 5.74) is 0. The summed E-state index contributed by atoms with van der Waals surface area (Å²) in [7, 11) is 0. The first-order chi connectivity index (χ1) is 22.0. The van der Waals surface area contributed by atoms with E-state index in [2.05, 4.69) is 38.2 Å². The minimum atomic E-state index is -0.362. The summed E-state index contributed by atoms with van der Waals surface area (Å²) in [6.07, 6.45) is 42.2. The molecule has 4 nitrogen and oxygen atoms in total. The van der Waals surface area contributed by atoms with E-state index in [9.17, 15) is 9.59 Å². The molecule has 0 spiro atoms. The highest BCUT2D eigenvalue weighted by Crippen LogP contribution is 2.14. The van der Waals surface area contributed by atoms with Gasteiger partial charge in [-0.25, -0.2) is 0 Å². The molecule has 0 aliphatic carbocycles. The number of rotatable bonds is 34. The molecule has 1 unspecified atom stereocenters. The van der Waals surface area contributed by atoms with Crippen LogP contribution in [0.4, 0.5) is 0 Å². The lowest BCUT2D eigenvalue weighted by Crippen LogP contribution is -2.29. The van der Waals surface area contributed by atoms with Crippen LogP contribution < -0.4 is 0 Å². The first-order valence-corrected chi connectivity index (χ1v) is 19.7. The minimum absolute atomic E-state index is 0.121. The predicted molar refractivity (Wildman–Crippen MR) is 195 cm³/mol. The van der Waals surface area contributed by atoms with E-state index in [0.717, 1.165) is 25.7 Å². The predicted octanol–water partition coefficient (Wildman–Crippen LogP) is 13.2. The normalized spacial score (nSPS) is 12.5. The molecule has 0 aliphatic rings. The highest BCUT2D eigenvalue weighted by molar-refractivity contribution is 5.70. The monoisotopic (exact) mass is 633 g/mol. The van der Waals surface area contributed by atoms with Gasteiger partial charge in [0.05, 0.1) is 0 Å². The first kappa shape index (κ1) is 43.4. The lowest BCUT2D eigenvalue weighted by Gasteiger charge is -2.21. The van der Waals surface area contributed by atoms with Crippen LogP contribution in [0.15, 0.2) is 24.3 Å². The number of unbranched alkanes of at least 4 members (excludes halogenated alkanes) is 22. The molecular weight excluding hydrogens is 556 g/mol. The summed E-state index contributed by atoms with van der Waals surface area (Å²) in [6, 6.07) is 0. The van der Waals surface area contributed by atoms with Crippen molar-refractivity contribution in [2.75, 3.05) is 6.61 Å². The molecule has 0 saturated carbocycles. The Bertz CT molecular complexity index is 696. The third-order valence-corrected chi connectivity index (χ3v) is 8.72. The molecule has 0 radical (unpaired) electrons. The van der Waals surface area contributed by atoms with Gasteiger partial charge in [-0.15, -0.1) is 0 Å². The molecule has 0 amide bonds. The fourth-order valence-corrected chi connectivity index (χ4v) is 5.52. The molecule has 4 heteroatoms. The van der Waals surface area contributed by atoms with E-state index in [1.165, 1.54) is 141 Å². The number of hydrogen-bond acceptors (Lipinski definition) is 4. The molecule has 0 aromatic rings. The molecule has 1 atom stereocenters. The van der Waals surface area contributed by atoms with Crippen molar-refractivity contribution in [3.8, 4) is 0 Å². The Morgan fingerprint density at radius 1 is 0.467 bits per heavy atom. The van der Waals surface area contributed by atoms with Gasteiger partial charge < -0.3 is 9.47 Å². The zero-order valence-electron chi connectivity index (χ0n) is 30.6. The van der Waals surface area contributed by atoms with Crippen molar-refractivity contribution in [2.45, 2.75) is 214 Å². The average molecular weight is 633 g/mol. The summed E-state index contributed by atoms with van der Waals surface area (Å²) in [4.78, 5) is 24.6. The van der Waals surface area contributed by atoms with Gasteiger partial charge in [0, 0.05) is 12.8 Å². The number of ether oxygens (including phenoxy) is 2. The zero-order chi connectivity index (χ0) is 33.1. The molecule has 0 aliphatic heterocycles. The van der Waals surface area contributed by atoms with Gasteiger partial charge >= 0.3 is 11.9 Å². The molecule has 0 N–H and O–H groups in total. The largest absolute Gasteiger partial charge is 0.462 e. The maximum Gasteiger partial charge on any atom is 0.306 e. The molecule has 45 heavy (non-hydrogen) atoms. The molecule has 0 aromatic heterocycles. The smallest absolute Gasteiger partial charge is 0.306 e. The average Bonchev–Trinajstić information content (AvgIpc) is 3.02. The Balaban J connectivity index is 3.69. The Labute approximate surface area is 281 Å². The van der Waals surface area contributed by atoms with Crippen molar-refractivity contribution in [3.05, 3.63) is 24.3 Å². The van der Waals surface area contributed by atoms with Crippen molar-refractivity contribution in [2.24, 2.45) is 5.92 Å². The van der Waals surface area contributed by atoms with E-state index in [1.54, 1.807) is 0 Å². The van der Waals surface area contributed by atoms with E-state index in [4.69, 9.17) is 9.47 Å². The summed E-state index contributed by atoms with van der Waals surface area (Å²) >= 11 is 0. The van der Waals surface area contributed by atoms with Crippen LogP contribution >= 0.6 is 0 Å². The third kappa shape index (κ3) is 33.6. The fourth-order valence-electron chi connectivity index (χ4n) is 5.52. The lowest BCUT2D eigenvalue weighted by atomic mass is 10.1. The van der Waals surface area contributed by atoms with Crippen LogP contribution in [0.5, 0.6) is 0 Å². The summed E-state index contributed by atoms with van der Waals surface area (Å²) in [5.74, 6) is -0.220. The van der Waals surface area contributed by atoms with Crippen molar-refractivity contribution >= 4 is 11.9 Å². The van der Waals surface area contributed by atoms with Gasteiger partial charge in [-0.05, 0) is 70.1 Å². The zero-order valence-corrected chi connectivity index (χ0v) is 30.6. The Morgan fingerprint density at radius 2 is 0.800 bits per heavy atom. The van der Waals surface area contributed by atoms with E-state index in [1.807, 2.05) is 13.8 Å². The van der Waals surface area contributed by atoms with Gasteiger partial charge in [0.25, 0.3) is 0 Å². The summed E-state index contributed by atoms with van der Waals surface area (Å²) < 4.78 is 11.2. The van der Waals surface area contributed by atoms with Crippen LogP contribution in [0.3, 0.4) is 0 Å². The van der Waals surface area contributed by atoms with E-state index in [0.29, 0.717) is 12.8 Å². The van der Waals surface area contributed by atoms with Gasteiger partial charge in [-0.1, -0.05) is 155 Å². The van der Waals surface area contributed by atoms with Gasteiger partial charge in [-0.2, -0.15) is 0 Å². The second-order valence-corrected chi connectivity index (χ2v) is 13.6. The summed E-state index contributed by atoms with van der Waals surface area (Å²) in [5, 5.41) is 0. The maximum atomic E-state index is 12.4. The SMILES string of the molecule is CCCCCCCC/C=C\CCCCCCCC(=O)OCC(OC(=O)CCCCCCC/C=C\CCCCCCCC)C(C)C. The van der Waals surface area contributed by atoms with Crippen LogP contribution in [0.2, 0.25) is 0 Å². The van der Waals surface area contributed by atoms with Gasteiger partial charge in [-0.3, -0.25) is 9.59 Å². The third-order valence-electron chi connectivity index (χ3n) is 8.72. The van der Waals surface area contributed by atoms with Crippen LogP contribution in [-0.4, -0.2) is 24.6 Å². The van der Waals surface area contributed by atoms with Crippen LogP contribution in [0, 0.1) is 5.92 Å². The number of allylic oxidation sites excluding steroid dienone is 4. The van der Waals surface area contributed by atoms with Crippen molar-refractivity contribution < 1.29 is 19.1 Å². The van der Waals surface area contributed by atoms with Crippen LogP contribution in [-0.2, 0) is 19.1 Å². The summed E-state index contributed by atoms with van der Waals surface area (Å²) in [6.45, 7) is 8.72. The van der Waals surface area contributed by atoms with Gasteiger partial charge in [0.1, 0.15) is 12.7 Å². The van der Waals surface area contributed by atoms with Gasteiger partial charge in [0.2, 0.25) is 0 Å². The number of carbonyl (C=O) groups excluding carboxylic acids is 2. The minimum Gasteiger partial charge on any atom is -0.462 e. The van der Waals surface area contributed by atoms with E-state index < -0.39 is 0 Å². The Kier molecular flexibility index (Phi) is 34.0. The molecule has 0 heterocycles. The van der Waals surface area contributed by atoms with Crippen molar-refractivity contribution in [3.63, 3.8) is 0 Å². The maximum absolute atomic E-state index is 12.4. The Hall–Kier alpha value is -1.58. The van der Waals surface area contributed by atoms with Gasteiger partial charge in [0.15, 0.2) is 0 Å². The molecule has 0 saturated heterocycles. The highest BCUT2D eigenvalue weighted by atomic mass is 16.6. The lowest BCUT2D eigenvalue weighted by molar-refractivity contribution is -0.162. The topological polar surface area (TPSA) is 52.6 Å². The quantitative estimate of drug-likeness (QED) is 0.0402. The molecular formula is C41H76O4. The molecule has 0 rings (SSSR count). The number of carbonyl (C=O) groups is 2. The fraction of sp³-hybridized carbons (Fsp3) is 0.854.